The number of aliphatic carboxylic acids is 1. The normalized spacial score (nSPS) is 10.8. The zero-order chi connectivity index (χ0) is 12.3. The first-order valence-corrected chi connectivity index (χ1v) is 4.80. The van der Waals surface area contributed by atoms with Crippen molar-refractivity contribution >= 4 is 17.6 Å². The van der Waals surface area contributed by atoms with Crippen molar-refractivity contribution in [2.24, 2.45) is 0 Å². The quantitative estimate of drug-likeness (QED) is 0.800. The van der Waals surface area contributed by atoms with Gasteiger partial charge in [-0.05, 0) is 5.56 Å². The van der Waals surface area contributed by atoms with Crippen LogP contribution in [0.2, 0.25) is 0 Å². The van der Waals surface area contributed by atoms with E-state index < -0.39 is 29.9 Å². The van der Waals surface area contributed by atoms with E-state index >= 15 is 0 Å². The molecule has 0 aromatic carbocycles. The molecule has 0 amide bonds. The number of aromatic amines is 1. The van der Waals surface area contributed by atoms with Gasteiger partial charge in [0.1, 0.15) is 0 Å². The summed E-state index contributed by atoms with van der Waals surface area (Å²) >= 11 is 5.41. The monoisotopic (exact) mass is 251 g/mol. The number of aromatic nitrogens is 1. The lowest BCUT2D eigenvalue weighted by Crippen LogP contribution is -2.16. The van der Waals surface area contributed by atoms with Crippen molar-refractivity contribution < 1.29 is 18.7 Å². The molecular weight excluding hydrogens is 244 g/mol. The fraction of sp³-hybridized carbons (Fsp3) is 0.333. The number of carbonyl (C=O) groups is 1. The minimum atomic E-state index is -2.88. The molecular formula is C9H8ClF2NO3. The summed E-state index contributed by atoms with van der Waals surface area (Å²) in [5.41, 5.74) is -1.49. The van der Waals surface area contributed by atoms with Crippen LogP contribution in [0.1, 0.15) is 23.2 Å². The van der Waals surface area contributed by atoms with E-state index in [1.807, 2.05) is 0 Å². The first-order chi connectivity index (χ1) is 7.45. The van der Waals surface area contributed by atoms with Crippen molar-refractivity contribution in [3.8, 4) is 0 Å². The third-order valence-electron chi connectivity index (χ3n) is 1.94. The Morgan fingerprint density at radius 3 is 2.62 bits per heavy atom. The summed E-state index contributed by atoms with van der Waals surface area (Å²) in [6.07, 6.45) is -3.51. The number of nitrogens with one attached hydrogen (secondary N) is 1. The van der Waals surface area contributed by atoms with E-state index in [1.165, 1.54) is 0 Å². The van der Waals surface area contributed by atoms with Gasteiger partial charge in [0.25, 0.3) is 6.43 Å². The number of carboxylic acids is 1. The summed E-state index contributed by atoms with van der Waals surface area (Å²) in [6.45, 7) is 0. The Balaban J connectivity index is 3.37. The number of halogens is 3. The zero-order valence-electron chi connectivity index (χ0n) is 7.97. The fourth-order valence-electron chi connectivity index (χ4n) is 1.37. The lowest BCUT2D eigenvalue weighted by Gasteiger charge is -2.10. The molecule has 0 fully saturated rings. The van der Waals surface area contributed by atoms with Crippen LogP contribution < -0.4 is 5.56 Å². The van der Waals surface area contributed by atoms with E-state index in [2.05, 4.69) is 4.98 Å². The van der Waals surface area contributed by atoms with Crippen molar-refractivity contribution in [3.63, 3.8) is 0 Å². The van der Waals surface area contributed by atoms with Crippen LogP contribution in [-0.2, 0) is 17.1 Å². The first kappa shape index (κ1) is 12.6. The van der Waals surface area contributed by atoms with E-state index in [-0.39, 0.29) is 17.1 Å². The summed E-state index contributed by atoms with van der Waals surface area (Å²) in [4.78, 5) is 23.7. The van der Waals surface area contributed by atoms with Crippen molar-refractivity contribution in [2.75, 3.05) is 0 Å². The SMILES string of the molecule is O=C(O)Cc1cc(=O)[nH]c(CCl)c1C(F)F. The van der Waals surface area contributed by atoms with Crippen molar-refractivity contribution in [2.45, 2.75) is 18.7 Å². The third kappa shape index (κ3) is 2.79. The smallest absolute Gasteiger partial charge is 0.307 e. The van der Waals surface area contributed by atoms with Crippen molar-refractivity contribution in [3.05, 3.63) is 33.2 Å². The van der Waals surface area contributed by atoms with E-state index in [4.69, 9.17) is 16.7 Å². The second-order valence-electron chi connectivity index (χ2n) is 3.06. The minimum absolute atomic E-state index is 0.139. The van der Waals surface area contributed by atoms with Crippen LogP contribution in [0.3, 0.4) is 0 Å². The Morgan fingerprint density at radius 1 is 1.56 bits per heavy atom. The van der Waals surface area contributed by atoms with E-state index in [0.717, 1.165) is 6.07 Å². The molecule has 0 aliphatic rings. The largest absolute Gasteiger partial charge is 0.481 e. The summed E-state index contributed by atoms with van der Waals surface area (Å²) in [7, 11) is 0. The molecule has 1 heterocycles. The standard InChI is InChI=1S/C9H8ClF2NO3/c10-3-5-8(9(11)12)4(2-7(15)16)1-6(14)13-5/h1,9H,2-3H2,(H,13,14)(H,15,16). The Bertz CT molecular complexity index is 459. The summed E-state index contributed by atoms with van der Waals surface area (Å²) in [6, 6.07) is 0.853. The number of hydrogen-bond donors (Lipinski definition) is 2. The lowest BCUT2D eigenvalue weighted by molar-refractivity contribution is -0.136. The molecule has 0 saturated heterocycles. The topological polar surface area (TPSA) is 70.2 Å². The van der Waals surface area contributed by atoms with E-state index in [1.54, 1.807) is 0 Å². The molecule has 0 saturated carbocycles. The molecule has 0 radical (unpaired) electrons. The maximum absolute atomic E-state index is 12.7. The summed E-state index contributed by atoms with van der Waals surface area (Å²) in [5.74, 6) is -1.59. The molecule has 7 heteroatoms. The molecule has 4 nitrogen and oxygen atoms in total. The Hall–Kier alpha value is -1.43. The highest BCUT2D eigenvalue weighted by atomic mass is 35.5. The average molecular weight is 252 g/mol. The molecule has 0 bridgehead atoms. The highest BCUT2D eigenvalue weighted by Gasteiger charge is 2.20. The predicted molar refractivity (Wildman–Crippen MR) is 52.9 cm³/mol. The number of rotatable bonds is 4. The van der Waals surface area contributed by atoms with Crippen LogP contribution in [0.4, 0.5) is 8.78 Å². The van der Waals surface area contributed by atoms with Gasteiger partial charge in [-0.2, -0.15) is 0 Å². The summed E-state index contributed by atoms with van der Waals surface area (Å²) < 4.78 is 25.4. The fourth-order valence-corrected chi connectivity index (χ4v) is 1.58. The van der Waals surface area contributed by atoms with Gasteiger partial charge in [-0.25, -0.2) is 8.78 Å². The maximum Gasteiger partial charge on any atom is 0.307 e. The first-order valence-electron chi connectivity index (χ1n) is 4.26. The molecule has 88 valence electrons. The third-order valence-corrected chi connectivity index (χ3v) is 2.21. The van der Waals surface area contributed by atoms with Crippen LogP contribution in [-0.4, -0.2) is 16.1 Å². The van der Waals surface area contributed by atoms with Gasteiger partial charge < -0.3 is 10.1 Å². The summed E-state index contributed by atoms with van der Waals surface area (Å²) in [5, 5.41) is 8.54. The zero-order valence-corrected chi connectivity index (χ0v) is 8.72. The van der Waals surface area contributed by atoms with E-state index in [0.29, 0.717) is 0 Å². The van der Waals surface area contributed by atoms with Crippen LogP contribution in [0, 0.1) is 0 Å². The number of H-pyrrole nitrogens is 1. The van der Waals surface area contributed by atoms with Crippen molar-refractivity contribution in [1.29, 1.82) is 0 Å². The minimum Gasteiger partial charge on any atom is -0.481 e. The molecule has 0 unspecified atom stereocenters. The predicted octanol–water partition coefficient (Wildman–Crippen LogP) is 1.68. The molecule has 1 aromatic heterocycles. The lowest BCUT2D eigenvalue weighted by atomic mass is 10.0. The Morgan fingerprint density at radius 2 is 2.19 bits per heavy atom. The van der Waals surface area contributed by atoms with Gasteiger partial charge in [0.05, 0.1) is 12.3 Å². The van der Waals surface area contributed by atoms with Crippen LogP contribution in [0.5, 0.6) is 0 Å². The number of pyridine rings is 1. The van der Waals surface area contributed by atoms with Gasteiger partial charge >= 0.3 is 5.97 Å². The average Bonchev–Trinajstić information content (AvgIpc) is 2.14. The second kappa shape index (κ2) is 5.07. The van der Waals surface area contributed by atoms with Crippen molar-refractivity contribution in [1.82, 2.24) is 4.98 Å². The highest BCUT2D eigenvalue weighted by molar-refractivity contribution is 6.17. The molecule has 1 aromatic rings. The molecule has 0 spiro atoms. The maximum atomic E-state index is 12.7. The Labute approximate surface area is 93.9 Å². The number of hydrogen-bond acceptors (Lipinski definition) is 2. The number of alkyl halides is 3. The Kier molecular flexibility index (Phi) is 4.00. The molecule has 1 rings (SSSR count). The van der Waals surface area contributed by atoms with Gasteiger partial charge in [-0.1, -0.05) is 0 Å². The number of carboxylic acid groups (broad SMARTS) is 1. The molecule has 0 atom stereocenters. The van der Waals surface area contributed by atoms with Crippen LogP contribution in [0.25, 0.3) is 0 Å². The second-order valence-corrected chi connectivity index (χ2v) is 3.32. The van der Waals surface area contributed by atoms with E-state index in [9.17, 15) is 18.4 Å². The molecule has 0 aliphatic carbocycles. The van der Waals surface area contributed by atoms with Crippen LogP contribution >= 0.6 is 11.6 Å². The molecule has 2 N–H and O–H groups in total. The molecule has 0 aliphatic heterocycles. The van der Waals surface area contributed by atoms with Gasteiger partial charge in [0, 0.05) is 17.3 Å². The van der Waals surface area contributed by atoms with Gasteiger partial charge in [0.2, 0.25) is 5.56 Å². The van der Waals surface area contributed by atoms with Gasteiger partial charge in [-0.3, -0.25) is 9.59 Å². The van der Waals surface area contributed by atoms with Crippen LogP contribution in [0.15, 0.2) is 10.9 Å². The highest BCUT2D eigenvalue weighted by Crippen LogP contribution is 2.26. The molecule has 16 heavy (non-hydrogen) atoms. The van der Waals surface area contributed by atoms with Gasteiger partial charge in [0.15, 0.2) is 0 Å². The van der Waals surface area contributed by atoms with Gasteiger partial charge in [-0.15, -0.1) is 11.6 Å².